The monoisotopic (exact) mass is 2070 g/mol. The lowest BCUT2D eigenvalue weighted by Gasteiger charge is -2.47. The Labute approximate surface area is 876 Å². The maximum absolute atomic E-state index is 14.9. The number of piperazine rings is 4. The summed E-state index contributed by atoms with van der Waals surface area (Å²) < 4.78 is 59.1. The first-order chi connectivity index (χ1) is 69.9. The van der Waals surface area contributed by atoms with Crippen LogP contribution in [0.4, 0.5) is 17.6 Å². The van der Waals surface area contributed by atoms with E-state index in [1.165, 1.54) is 48.6 Å². The number of carbonyl (C=O) groups is 8. The molecular formula is C115H122Cl4F4N16O8. The van der Waals surface area contributed by atoms with E-state index in [1.807, 2.05) is 131 Å². The van der Waals surface area contributed by atoms with Gasteiger partial charge >= 0.3 is 0 Å². The molecule has 32 heteroatoms. The van der Waals surface area contributed by atoms with Crippen LogP contribution in [0.15, 0.2) is 216 Å². The molecule has 8 aliphatic heterocycles. The van der Waals surface area contributed by atoms with Gasteiger partial charge in [0.1, 0.15) is 52.0 Å². The lowest BCUT2D eigenvalue weighted by Crippen LogP contribution is -2.60. The molecule has 10 unspecified atom stereocenters. The van der Waals surface area contributed by atoms with Crippen molar-refractivity contribution < 1.29 is 55.9 Å². The van der Waals surface area contributed by atoms with Gasteiger partial charge in [-0.15, -0.1) is 0 Å². The molecule has 147 heavy (non-hydrogen) atoms. The summed E-state index contributed by atoms with van der Waals surface area (Å²) >= 11 is 26.9. The Morgan fingerprint density at radius 1 is 0.367 bits per heavy atom. The van der Waals surface area contributed by atoms with E-state index in [4.69, 9.17) is 71.3 Å². The molecular weight excluding hydrogens is 1950 g/mol. The Balaban J connectivity index is 0.000000140. The minimum atomic E-state index is -0.997. The maximum Gasteiger partial charge on any atom is 0.260 e. The van der Waals surface area contributed by atoms with Gasteiger partial charge in [0.25, 0.3) is 23.6 Å². The van der Waals surface area contributed by atoms with Gasteiger partial charge in [-0.2, -0.15) is 20.0 Å². The largest absolute Gasteiger partial charge is 0.350 e. The number of pyridine rings is 4. The molecule has 5 fully saturated rings. The van der Waals surface area contributed by atoms with Crippen LogP contribution in [0.5, 0.6) is 0 Å². The van der Waals surface area contributed by atoms with E-state index < -0.39 is 44.9 Å². The Hall–Kier alpha value is -13.0. The predicted octanol–water partition coefficient (Wildman–Crippen LogP) is 20.4. The molecule has 0 bridgehead atoms. The third-order valence-electron chi connectivity index (χ3n) is 30.4. The van der Waals surface area contributed by atoms with Gasteiger partial charge in [0.15, 0.2) is 0 Å². The number of hydrogen-bond acceptors (Lipinski definition) is 16. The van der Waals surface area contributed by atoms with Crippen LogP contribution in [-0.2, 0) is 72.9 Å². The van der Waals surface area contributed by atoms with Crippen molar-refractivity contribution in [3.8, 4) is 45.0 Å². The number of amidine groups is 4. The molecule has 8 amide bonds. The van der Waals surface area contributed by atoms with Gasteiger partial charge in [-0.1, -0.05) is 186 Å². The number of nitrogens with zero attached hydrogens (tertiary/aromatic N) is 16. The smallest absolute Gasteiger partial charge is 0.260 e. The molecule has 19 rings (SSSR count). The molecule has 9 aromatic rings. The average Bonchev–Trinajstić information content (AvgIpc) is 0.904. The summed E-state index contributed by atoms with van der Waals surface area (Å²) in [5.74, 6) is -0.727. The van der Waals surface area contributed by atoms with Crippen molar-refractivity contribution >= 4 is 117 Å². The number of halogens is 8. The van der Waals surface area contributed by atoms with Crippen molar-refractivity contribution in [2.24, 2.45) is 37.7 Å². The van der Waals surface area contributed by atoms with E-state index in [0.29, 0.717) is 186 Å². The van der Waals surface area contributed by atoms with Crippen LogP contribution < -0.4 is 0 Å². The van der Waals surface area contributed by atoms with Gasteiger partial charge < -0.3 is 39.2 Å². The van der Waals surface area contributed by atoms with Crippen LogP contribution in [0.25, 0.3) is 45.0 Å². The molecule has 1 spiro atoms. The first-order valence-electron chi connectivity index (χ1n) is 50.2. The number of rotatable bonds is 13. The number of hydrogen-bond donors (Lipinski definition) is 0. The summed E-state index contributed by atoms with van der Waals surface area (Å²) in [5, 5.41) is 1.17. The summed E-state index contributed by atoms with van der Waals surface area (Å²) in [5.41, 5.74) is 5.73. The van der Waals surface area contributed by atoms with E-state index in [1.54, 1.807) is 117 Å². The topological polar surface area (TPSA) is 263 Å². The Morgan fingerprint density at radius 2 is 0.660 bits per heavy atom. The van der Waals surface area contributed by atoms with Gasteiger partial charge in [0.05, 0.1) is 81.9 Å². The molecule has 2 aliphatic carbocycles. The second-order valence-corrected chi connectivity index (χ2v) is 43.3. The number of fused-ring (bicyclic) bond motifs is 6. The van der Waals surface area contributed by atoms with Gasteiger partial charge in [0.2, 0.25) is 23.6 Å². The zero-order chi connectivity index (χ0) is 106. The SMILES string of the molecule is C=CC(=O)N1CC(C)N(C2=NC(=O)C(C)(C3CCCC3)c3nc(-c4ccccc4F)c(Cl)cc32)CC1C.C=CC(=O)N1CC(C)N(C2=NC(=O)C(C)(CC(C)C)c3nc(-c4ccccc4F)c(Cl)cc32)CC1C.C=CC(=O)N1CC(C)N(C2=NC(=O)C3(Cc4ccccc4C3)c3nc(-c4ccccc4F)c(Cl)cc32)CC1C.C=CC(=O)N1CCN(C2=NC(=O)C(C)(CC(C)C)c3nc(-c4ccccc4F)c(Cl)cc32)C(C)C1. The fourth-order valence-electron chi connectivity index (χ4n) is 22.9. The summed E-state index contributed by atoms with van der Waals surface area (Å²) in [7, 11) is 0. The van der Waals surface area contributed by atoms with Crippen molar-refractivity contribution in [3.05, 3.63) is 296 Å². The summed E-state index contributed by atoms with van der Waals surface area (Å²) in [6.45, 7) is 46.5. The molecule has 0 radical (unpaired) electrons. The number of amides is 8. The number of benzene rings is 5. The molecule has 5 aromatic carbocycles. The Bertz CT molecular complexity index is 6960. The molecule has 0 N–H and O–H groups in total. The quantitative estimate of drug-likeness (QED) is 0.0767. The normalized spacial score (nSPS) is 23.4. The highest BCUT2D eigenvalue weighted by Crippen LogP contribution is 2.52. The van der Waals surface area contributed by atoms with Crippen LogP contribution in [-0.4, -0.2) is 231 Å². The number of aromatic nitrogens is 4. The van der Waals surface area contributed by atoms with Crippen molar-refractivity contribution in [1.82, 2.24) is 59.1 Å². The highest BCUT2D eigenvalue weighted by molar-refractivity contribution is 6.35. The van der Waals surface area contributed by atoms with E-state index in [0.717, 1.165) is 36.8 Å². The zero-order valence-electron chi connectivity index (χ0n) is 85.2. The molecule has 10 aliphatic rings. The third kappa shape index (κ3) is 20.2. The molecule has 24 nitrogen and oxygen atoms in total. The first-order valence-corrected chi connectivity index (χ1v) is 51.7. The van der Waals surface area contributed by atoms with Crippen LogP contribution >= 0.6 is 46.4 Å². The molecule has 4 aromatic heterocycles. The fourth-order valence-corrected chi connectivity index (χ4v) is 23.9. The lowest BCUT2D eigenvalue weighted by atomic mass is 9.69. The van der Waals surface area contributed by atoms with E-state index in [-0.39, 0.29) is 139 Å². The standard InChI is InChI=1S/C31H28ClFN4O2.C29H32ClFN4O2.C28H32ClFN4O2.C27H30ClFN4O2/c1-4-26(38)36-16-19(3)37(17-18(36)2)29-23-13-24(32)27(22-11-7-8-12-25(22)33)34-28(23)31(30(39)35-29)14-20-9-5-6-10-21(20)15-31;1-5-24(36)34-15-18(3)35(16-17(34)2)27-21-14-22(30)25(20-12-8-9-13-23(20)31)32-26(21)29(4,28(37)33-27)19-10-6-7-11-19;1-7-23(35)33-14-18(5)34(15-17(33)4)26-20-12-21(29)24(19-10-8-9-11-22(19)30)31-25(20)28(6,13-16(2)3)27(36)32-26;1-6-22(34)32-11-12-33(17(4)15-32)25-19-13-20(28)23(18-9-7-8-10-21(18)29)30-24(19)27(5,14-16(2)3)26(35)31-25/h4-13,18-19H,1,14-17H2,2-3H3;5,8-9,12-14,17-19H,1,6-7,10-11,15-16H2,2-4H3;7-12,16-18H,1,13-15H2,2-6H3;6-10,13,16-17H,1,11-12,14-15H2,2-5H3. The Morgan fingerprint density at radius 3 is 0.993 bits per heavy atom. The second kappa shape index (κ2) is 43.0. The van der Waals surface area contributed by atoms with Crippen molar-refractivity contribution in [1.29, 1.82) is 0 Å². The van der Waals surface area contributed by atoms with Crippen molar-refractivity contribution in [2.45, 2.75) is 212 Å². The molecule has 4 saturated heterocycles. The van der Waals surface area contributed by atoms with Crippen LogP contribution in [0.2, 0.25) is 20.1 Å². The van der Waals surface area contributed by atoms with Crippen LogP contribution in [0, 0.1) is 41.0 Å². The summed E-state index contributed by atoms with van der Waals surface area (Å²) in [6.07, 6.45) is 11.2. The third-order valence-corrected chi connectivity index (χ3v) is 31.6. The maximum atomic E-state index is 14.9. The highest BCUT2D eigenvalue weighted by atomic mass is 35.5. The van der Waals surface area contributed by atoms with Gasteiger partial charge in [0, 0.05) is 146 Å². The van der Waals surface area contributed by atoms with E-state index >= 15 is 0 Å². The first kappa shape index (κ1) is 107. The van der Waals surface area contributed by atoms with Gasteiger partial charge in [-0.25, -0.2) is 37.5 Å². The van der Waals surface area contributed by atoms with Crippen molar-refractivity contribution in [3.63, 3.8) is 0 Å². The molecule has 1 saturated carbocycles. The average molecular weight is 2070 g/mol. The zero-order valence-corrected chi connectivity index (χ0v) is 88.3. The number of carbonyl (C=O) groups excluding carboxylic acids is 8. The van der Waals surface area contributed by atoms with Crippen LogP contribution in [0.3, 0.4) is 0 Å². The summed E-state index contributed by atoms with van der Waals surface area (Å²) in [6, 6.07) is 39.8. The van der Waals surface area contributed by atoms with Crippen molar-refractivity contribution in [2.75, 3.05) is 58.9 Å². The lowest BCUT2D eigenvalue weighted by molar-refractivity contribution is -0.131. The molecule has 12 heterocycles. The second-order valence-electron chi connectivity index (χ2n) is 41.7. The van der Waals surface area contributed by atoms with Gasteiger partial charge in [-0.05, 0) is 234 Å². The van der Waals surface area contributed by atoms with Crippen LogP contribution in [0.1, 0.15) is 192 Å². The molecule has 10 atom stereocenters. The highest BCUT2D eigenvalue weighted by Gasteiger charge is 2.56. The summed E-state index contributed by atoms with van der Waals surface area (Å²) in [4.78, 5) is 158. The minimum Gasteiger partial charge on any atom is -0.350 e. The fraction of sp³-hybridized carbons (Fsp3) is 0.391. The predicted molar refractivity (Wildman–Crippen MR) is 569 cm³/mol. The number of aliphatic imine (C=N–C) groups is 4. The minimum absolute atomic E-state index is 0.0912. The van der Waals surface area contributed by atoms with E-state index in [9.17, 15) is 55.9 Å². The van der Waals surface area contributed by atoms with Gasteiger partial charge in [-0.3, -0.25) is 38.4 Å². The molecule has 766 valence electrons. The Kier molecular flexibility index (Phi) is 31.3. The van der Waals surface area contributed by atoms with E-state index in [2.05, 4.69) is 51.1 Å².